The molecule has 166 valence electrons. The lowest BCUT2D eigenvalue weighted by molar-refractivity contribution is -0.127. The summed E-state index contributed by atoms with van der Waals surface area (Å²) in [5.74, 6) is -0.0108. The van der Waals surface area contributed by atoms with Crippen LogP contribution in [0.2, 0.25) is 0 Å². The highest BCUT2D eigenvalue weighted by atomic mass is 32.2. The predicted octanol–water partition coefficient (Wildman–Crippen LogP) is 2.94. The van der Waals surface area contributed by atoms with E-state index >= 15 is 0 Å². The maximum atomic E-state index is 12.8. The van der Waals surface area contributed by atoms with Gasteiger partial charge >= 0.3 is 0 Å². The summed E-state index contributed by atoms with van der Waals surface area (Å²) in [5, 5.41) is 3.22. The van der Waals surface area contributed by atoms with Crippen LogP contribution in [-0.4, -0.2) is 62.3 Å². The molecule has 1 aromatic rings. The molecule has 2 saturated heterocycles. The lowest BCUT2D eigenvalue weighted by Crippen LogP contribution is -2.48. The van der Waals surface area contributed by atoms with E-state index in [1.165, 1.54) is 9.88 Å². The van der Waals surface area contributed by atoms with Gasteiger partial charge in [0.05, 0.1) is 4.90 Å². The summed E-state index contributed by atoms with van der Waals surface area (Å²) >= 11 is 0. The van der Waals surface area contributed by atoms with Crippen molar-refractivity contribution >= 4 is 15.9 Å². The Balaban J connectivity index is 1.45. The van der Waals surface area contributed by atoms with Crippen molar-refractivity contribution < 1.29 is 13.2 Å². The molecule has 0 aromatic heterocycles. The van der Waals surface area contributed by atoms with Crippen LogP contribution < -0.4 is 5.32 Å². The van der Waals surface area contributed by atoms with E-state index in [1.807, 2.05) is 19.1 Å². The molecule has 2 heterocycles. The second-order valence-corrected chi connectivity index (χ2v) is 10.8. The monoisotopic (exact) mass is 433 g/mol. The zero-order valence-corrected chi connectivity index (χ0v) is 19.2. The summed E-state index contributed by atoms with van der Waals surface area (Å²) in [5.41, 5.74) is 2.37. The number of allylic oxidation sites excluding steroid dienone is 1. The number of nitrogens with zero attached hydrogens (tertiary/aromatic N) is 2. The second kappa shape index (κ2) is 10.1. The Hall–Kier alpha value is -1.70. The average molecular weight is 434 g/mol. The first-order chi connectivity index (χ1) is 14.3. The molecule has 0 atom stereocenters. The summed E-state index contributed by atoms with van der Waals surface area (Å²) < 4.78 is 27.2. The zero-order chi connectivity index (χ0) is 21.7. The number of sulfonamides is 1. The first-order valence-electron chi connectivity index (χ1n) is 11.0. The smallest absolute Gasteiger partial charge is 0.243 e. The summed E-state index contributed by atoms with van der Waals surface area (Å²) in [4.78, 5) is 15.5. The van der Waals surface area contributed by atoms with Gasteiger partial charge in [-0.3, -0.25) is 9.69 Å². The van der Waals surface area contributed by atoms with Gasteiger partial charge < -0.3 is 5.32 Å². The molecule has 1 N–H and O–H groups in total. The molecule has 7 heteroatoms. The Morgan fingerprint density at radius 2 is 1.63 bits per heavy atom. The number of nitrogens with one attached hydrogen (secondary N) is 1. The van der Waals surface area contributed by atoms with E-state index in [1.54, 1.807) is 12.1 Å². The number of rotatable bonds is 6. The number of likely N-dealkylation sites (tertiary alicyclic amines) is 1. The highest BCUT2D eigenvalue weighted by molar-refractivity contribution is 7.89. The number of hydrogen-bond donors (Lipinski definition) is 1. The van der Waals surface area contributed by atoms with Gasteiger partial charge in [0.1, 0.15) is 0 Å². The van der Waals surface area contributed by atoms with Crippen LogP contribution in [0.25, 0.3) is 0 Å². The van der Waals surface area contributed by atoms with Crippen LogP contribution in [0.1, 0.15) is 45.1 Å². The van der Waals surface area contributed by atoms with Gasteiger partial charge in [0.25, 0.3) is 0 Å². The second-order valence-electron chi connectivity index (χ2n) is 8.86. The van der Waals surface area contributed by atoms with Crippen molar-refractivity contribution in [2.75, 3.05) is 32.7 Å². The van der Waals surface area contributed by atoms with Crippen LogP contribution in [0, 0.1) is 12.8 Å². The van der Waals surface area contributed by atoms with E-state index < -0.39 is 10.0 Å². The molecule has 2 fully saturated rings. The van der Waals surface area contributed by atoms with Gasteiger partial charge in [-0.1, -0.05) is 29.3 Å². The number of amides is 1. The molecule has 0 aliphatic carbocycles. The van der Waals surface area contributed by atoms with Crippen molar-refractivity contribution in [3.05, 3.63) is 41.5 Å². The van der Waals surface area contributed by atoms with Crippen molar-refractivity contribution in [1.82, 2.24) is 14.5 Å². The third-order valence-corrected chi connectivity index (χ3v) is 8.09. The summed E-state index contributed by atoms with van der Waals surface area (Å²) in [6, 6.07) is 7.19. The molecule has 0 bridgehead atoms. The Morgan fingerprint density at radius 1 is 1.03 bits per heavy atom. The number of carbonyl (C=O) groups is 1. The van der Waals surface area contributed by atoms with Gasteiger partial charge in [-0.25, -0.2) is 8.42 Å². The van der Waals surface area contributed by atoms with Crippen LogP contribution in [0.15, 0.2) is 40.8 Å². The molecule has 30 heavy (non-hydrogen) atoms. The molecule has 0 spiro atoms. The third-order valence-electron chi connectivity index (χ3n) is 6.18. The standard InChI is InChI=1S/C23H35N3O3S/c1-18(2)8-13-25-14-11-21(12-15-25)24-23(27)20-9-16-26(17-10-20)30(28,29)22-6-4-19(3)5-7-22/h4-8,20-21H,9-17H2,1-3H3,(H,24,27). The first kappa shape index (κ1) is 23.0. The van der Waals surface area contributed by atoms with Gasteiger partial charge in [-0.15, -0.1) is 0 Å². The maximum absolute atomic E-state index is 12.8. The van der Waals surface area contributed by atoms with Crippen LogP contribution in [0.4, 0.5) is 0 Å². The third kappa shape index (κ3) is 5.93. The lowest BCUT2D eigenvalue weighted by Gasteiger charge is -2.34. The molecule has 0 saturated carbocycles. The molecule has 3 rings (SSSR count). The number of aryl methyl sites for hydroxylation is 1. The number of carbonyl (C=O) groups excluding carboxylic acids is 1. The molecule has 0 unspecified atom stereocenters. The number of hydrogen-bond acceptors (Lipinski definition) is 4. The van der Waals surface area contributed by atoms with Crippen molar-refractivity contribution in [3.8, 4) is 0 Å². The maximum Gasteiger partial charge on any atom is 0.243 e. The van der Waals surface area contributed by atoms with Gasteiger partial charge in [0.15, 0.2) is 0 Å². The van der Waals surface area contributed by atoms with Gasteiger partial charge in [0.2, 0.25) is 15.9 Å². The normalized spacial score (nSPS) is 20.1. The van der Waals surface area contributed by atoms with Crippen molar-refractivity contribution in [3.63, 3.8) is 0 Å². The average Bonchev–Trinajstić information content (AvgIpc) is 2.73. The fourth-order valence-corrected chi connectivity index (χ4v) is 5.58. The highest BCUT2D eigenvalue weighted by Crippen LogP contribution is 2.24. The molecule has 0 radical (unpaired) electrons. The van der Waals surface area contributed by atoms with Crippen LogP contribution in [0.5, 0.6) is 0 Å². The molecule has 6 nitrogen and oxygen atoms in total. The van der Waals surface area contributed by atoms with E-state index in [0.717, 1.165) is 38.0 Å². The van der Waals surface area contributed by atoms with Crippen LogP contribution in [0.3, 0.4) is 0 Å². The van der Waals surface area contributed by atoms with Crippen molar-refractivity contribution in [2.45, 2.75) is 57.4 Å². The minimum atomic E-state index is -3.48. The fourth-order valence-electron chi connectivity index (χ4n) is 4.11. The minimum absolute atomic E-state index is 0.0881. The van der Waals surface area contributed by atoms with E-state index in [4.69, 9.17) is 0 Å². The number of benzene rings is 1. The largest absolute Gasteiger partial charge is 0.353 e. The van der Waals surface area contributed by atoms with E-state index in [9.17, 15) is 13.2 Å². The topological polar surface area (TPSA) is 69.7 Å². The van der Waals surface area contributed by atoms with Gasteiger partial charge in [0, 0.05) is 44.7 Å². The highest BCUT2D eigenvalue weighted by Gasteiger charge is 2.33. The molecular weight excluding hydrogens is 398 g/mol. The quantitative estimate of drug-likeness (QED) is 0.701. The summed E-state index contributed by atoms with van der Waals surface area (Å²) in [6.45, 7) is 9.95. The summed E-state index contributed by atoms with van der Waals surface area (Å²) in [6.07, 6.45) is 5.36. The minimum Gasteiger partial charge on any atom is -0.353 e. The molecular formula is C23H35N3O3S. The van der Waals surface area contributed by atoms with E-state index in [0.29, 0.717) is 30.8 Å². The van der Waals surface area contributed by atoms with Crippen molar-refractivity contribution in [2.24, 2.45) is 5.92 Å². The molecule has 2 aliphatic heterocycles. The molecule has 1 aromatic carbocycles. The molecule has 2 aliphatic rings. The van der Waals surface area contributed by atoms with Crippen LogP contribution >= 0.6 is 0 Å². The Bertz CT molecular complexity index is 844. The zero-order valence-electron chi connectivity index (χ0n) is 18.4. The van der Waals surface area contributed by atoms with Gasteiger partial charge in [-0.05, 0) is 58.6 Å². The first-order valence-corrected chi connectivity index (χ1v) is 12.4. The lowest BCUT2D eigenvalue weighted by atomic mass is 9.96. The number of piperidine rings is 2. The molecule has 1 amide bonds. The van der Waals surface area contributed by atoms with Crippen LogP contribution in [-0.2, 0) is 14.8 Å². The Kier molecular flexibility index (Phi) is 7.71. The van der Waals surface area contributed by atoms with Gasteiger partial charge in [-0.2, -0.15) is 4.31 Å². The Labute approximate surface area is 181 Å². The predicted molar refractivity (Wildman–Crippen MR) is 120 cm³/mol. The Morgan fingerprint density at radius 3 is 2.20 bits per heavy atom. The summed E-state index contributed by atoms with van der Waals surface area (Å²) in [7, 11) is -3.48. The fraction of sp³-hybridized carbons (Fsp3) is 0.609. The SMILES string of the molecule is CC(C)=CCN1CCC(NC(=O)C2CCN(S(=O)(=O)c3ccc(C)cc3)CC2)CC1. The van der Waals surface area contributed by atoms with Crippen molar-refractivity contribution in [1.29, 1.82) is 0 Å². The van der Waals surface area contributed by atoms with E-state index in [-0.39, 0.29) is 17.9 Å². The van der Waals surface area contributed by atoms with E-state index in [2.05, 4.69) is 30.1 Å².